The van der Waals surface area contributed by atoms with E-state index in [2.05, 4.69) is 4.72 Å². The Morgan fingerprint density at radius 1 is 1.33 bits per heavy atom. The molecule has 3 N–H and O–H groups in total. The lowest BCUT2D eigenvalue weighted by Gasteiger charge is -2.18. The number of hydrogen-bond donors (Lipinski definition) is 2. The summed E-state index contributed by atoms with van der Waals surface area (Å²) in [6.07, 6.45) is 2.69. The van der Waals surface area contributed by atoms with E-state index < -0.39 is 10.0 Å². The normalized spacial score (nSPS) is 22.7. The smallest absolute Gasteiger partial charge is 0.240 e. The van der Waals surface area contributed by atoms with E-state index in [0.717, 1.165) is 24.8 Å². The molecule has 21 heavy (non-hydrogen) atoms. The summed E-state index contributed by atoms with van der Waals surface area (Å²) < 4.78 is 33.2. The number of rotatable bonds is 5. The first-order valence-electron chi connectivity index (χ1n) is 7.35. The van der Waals surface area contributed by atoms with Gasteiger partial charge in [0.15, 0.2) is 0 Å². The van der Waals surface area contributed by atoms with Crippen molar-refractivity contribution in [3.8, 4) is 5.75 Å². The van der Waals surface area contributed by atoms with E-state index in [1.165, 1.54) is 0 Å². The van der Waals surface area contributed by atoms with E-state index in [1.54, 1.807) is 18.2 Å². The van der Waals surface area contributed by atoms with Crippen LogP contribution in [0.1, 0.15) is 38.7 Å². The highest BCUT2D eigenvalue weighted by atomic mass is 32.2. The second-order valence-corrected chi connectivity index (χ2v) is 7.63. The van der Waals surface area contributed by atoms with Gasteiger partial charge in [-0.3, -0.25) is 0 Å². The SMILES string of the molecule is Cc1cc(S(=O)(=O)NC2CCCC2N)ccc1OC(C)C. The molecule has 6 heteroatoms. The van der Waals surface area contributed by atoms with Crippen LogP contribution in [0.15, 0.2) is 23.1 Å². The Hall–Kier alpha value is -1.11. The van der Waals surface area contributed by atoms with Crippen molar-refractivity contribution in [3.05, 3.63) is 23.8 Å². The van der Waals surface area contributed by atoms with Gasteiger partial charge in [-0.05, 0) is 57.4 Å². The van der Waals surface area contributed by atoms with Crippen molar-refractivity contribution in [1.82, 2.24) is 4.72 Å². The Morgan fingerprint density at radius 3 is 2.57 bits per heavy atom. The topological polar surface area (TPSA) is 81.4 Å². The Kier molecular flexibility index (Phi) is 4.91. The van der Waals surface area contributed by atoms with Crippen LogP contribution in [0.25, 0.3) is 0 Å². The number of hydrogen-bond acceptors (Lipinski definition) is 4. The highest BCUT2D eigenvalue weighted by Gasteiger charge is 2.29. The predicted molar refractivity (Wildman–Crippen MR) is 82.9 cm³/mol. The zero-order valence-corrected chi connectivity index (χ0v) is 13.6. The van der Waals surface area contributed by atoms with Crippen LogP contribution in [-0.2, 0) is 10.0 Å². The lowest BCUT2D eigenvalue weighted by Crippen LogP contribution is -2.43. The fourth-order valence-corrected chi connectivity index (χ4v) is 3.98. The molecule has 5 nitrogen and oxygen atoms in total. The van der Waals surface area contributed by atoms with E-state index in [1.807, 2.05) is 20.8 Å². The Labute approximate surface area is 126 Å². The van der Waals surface area contributed by atoms with Crippen molar-refractivity contribution < 1.29 is 13.2 Å². The van der Waals surface area contributed by atoms with Gasteiger partial charge in [0.1, 0.15) is 5.75 Å². The summed E-state index contributed by atoms with van der Waals surface area (Å²) in [5.41, 5.74) is 6.73. The Bertz CT molecular complexity index is 599. The van der Waals surface area contributed by atoms with Gasteiger partial charge in [0.2, 0.25) is 10.0 Å². The molecule has 1 saturated carbocycles. The van der Waals surface area contributed by atoms with Crippen molar-refractivity contribution >= 4 is 10.0 Å². The van der Waals surface area contributed by atoms with Crippen molar-refractivity contribution in [2.24, 2.45) is 5.73 Å². The molecule has 118 valence electrons. The van der Waals surface area contributed by atoms with Crippen LogP contribution in [0.2, 0.25) is 0 Å². The van der Waals surface area contributed by atoms with Gasteiger partial charge >= 0.3 is 0 Å². The zero-order valence-electron chi connectivity index (χ0n) is 12.8. The summed E-state index contributed by atoms with van der Waals surface area (Å²) in [5.74, 6) is 0.710. The summed E-state index contributed by atoms with van der Waals surface area (Å²) >= 11 is 0. The molecule has 0 spiro atoms. The molecular formula is C15H24N2O3S. The van der Waals surface area contributed by atoms with Crippen molar-refractivity contribution in [2.75, 3.05) is 0 Å². The summed E-state index contributed by atoms with van der Waals surface area (Å²) in [7, 11) is -3.53. The minimum absolute atomic E-state index is 0.0563. The van der Waals surface area contributed by atoms with Crippen molar-refractivity contribution in [3.63, 3.8) is 0 Å². The summed E-state index contributed by atoms with van der Waals surface area (Å²) in [5, 5.41) is 0. The maximum atomic E-state index is 12.4. The first kappa shape index (κ1) is 16.3. The molecule has 0 aliphatic heterocycles. The predicted octanol–water partition coefficient (Wildman–Crippen LogP) is 1.94. The lowest BCUT2D eigenvalue weighted by atomic mass is 10.2. The molecule has 1 fully saturated rings. The maximum absolute atomic E-state index is 12.4. The molecule has 1 aliphatic carbocycles. The molecule has 0 radical (unpaired) electrons. The van der Waals surface area contributed by atoms with Gasteiger partial charge in [-0.15, -0.1) is 0 Å². The number of ether oxygens (including phenoxy) is 1. The molecule has 0 saturated heterocycles. The number of nitrogens with one attached hydrogen (secondary N) is 1. The molecule has 0 aromatic heterocycles. The van der Waals surface area contributed by atoms with Crippen LogP contribution in [0, 0.1) is 6.92 Å². The van der Waals surface area contributed by atoms with Gasteiger partial charge in [-0.2, -0.15) is 0 Å². The van der Waals surface area contributed by atoms with E-state index in [0.29, 0.717) is 5.75 Å². The van der Waals surface area contributed by atoms with Crippen LogP contribution in [0.4, 0.5) is 0 Å². The Balaban J connectivity index is 2.18. The van der Waals surface area contributed by atoms with Crippen LogP contribution in [0.5, 0.6) is 5.75 Å². The molecule has 2 unspecified atom stereocenters. The number of benzene rings is 1. The first-order valence-corrected chi connectivity index (χ1v) is 8.83. The minimum Gasteiger partial charge on any atom is -0.491 e. The van der Waals surface area contributed by atoms with Crippen LogP contribution >= 0.6 is 0 Å². The quantitative estimate of drug-likeness (QED) is 0.870. The van der Waals surface area contributed by atoms with Crippen LogP contribution in [0.3, 0.4) is 0 Å². The third-order valence-electron chi connectivity index (χ3n) is 3.70. The average Bonchev–Trinajstić information content (AvgIpc) is 2.76. The van der Waals surface area contributed by atoms with E-state index in [9.17, 15) is 8.42 Å². The highest BCUT2D eigenvalue weighted by molar-refractivity contribution is 7.89. The number of nitrogens with two attached hydrogens (primary N) is 1. The zero-order chi connectivity index (χ0) is 15.6. The van der Waals surface area contributed by atoms with Gasteiger partial charge < -0.3 is 10.5 Å². The molecule has 1 aliphatic rings. The van der Waals surface area contributed by atoms with E-state index in [-0.39, 0.29) is 23.1 Å². The second kappa shape index (κ2) is 6.34. The molecule has 0 amide bonds. The van der Waals surface area contributed by atoms with Crippen molar-refractivity contribution in [2.45, 2.75) is 63.1 Å². The van der Waals surface area contributed by atoms with Crippen LogP contribution in [-0.4, -0.2) is 26.6 Å². The van der Waals surface area contributed by atoms with E-state index in [4.69, 9.17) is 10.5 Å². The average molecular weight is 312 g/mol. The maximum Gasteiger partial charge on any atom is 0.240 e. The van der Waals surface area contributed by atoms with Crippen LogP contribution < -0.4 is 15.2 Å². The molecular weight excluding hydrogens is 288 g/mol. The van der Waals surface area contributed by atoms with Gasteiger partial charge in [-0.1, -0.05) is 6.42 Å². The van der Waals surface area contributed by atoms with Gasteiger partial charge in [0.05, 0.1) is 11.0 Å². The van der Waals surface area contributed by atoms with Gasteiger partial charge in [0.25, 0.3) is 0 Å². The third kappa shape index (κ3) is 3.96. The molecule has 0 bridgehead atoms. The molecule has 2 rings (SSSR count). The Morgan fingerprint density at radius 2 is 2.05 bits per heavy atom. The van der Waals surface area contributed by atoms with Gasteiger partial charge in [0, 0.05) is 12.1 Å². The van der Waals surface area contributed by atoms with E-state index >= 15 is 0 Å². The first-order chi connectivity index (χ1) is 9.79. The largest absolute Gasteiger partial charge is 0.491 e. The second-order valence-electron chi connectivity index (χ2n) is 5.92. The summed E-state index contributed by atoms with van der Waals surface area (Å²) in [4.78, 5) is 0.259. The molecule has 2 atom stereocenters. The molecule has 1 aromatic carbocycles. The fourth-order valence-electron chi connectivity index (χ4n) is 2.58. The third-order valence-corrected chi connectivity index (χ3v) is 5.18. The van der Waals surface area contributed by atoms with Crippen molar-refractivity contribution in [1.29, 1.82) is 0 Å². The molecule has 1 aromatic rings. The van der Waals surface area contributed by atoms with Gasteiger partial charge in [-0.25, -0.2) is 13.1 Å². The summed E-state index contributed by atoms with van der Waals surface area (Å²) in [6.45, 7) is 5.72. The minimum atomic E-state index is -3.53. The number of aryl methyl sites for hydroxylation is 1. The molecule has 0 heterocycles. The standard InChI is InChI=1S/C15H24N2O3S/c1-10(2)20-15-8-7-12(9-11(15)3)21(18,19)17-14-6-4-5-13(14)16/h7-10,13-14,17H,4-6,16H2,1-3H3. The highest BCUT2D eigenvalue weighted by Crippen LogP contribution is 2.24. The summed E-state index contributed by atoms with van der Waals surface area (Å²) in [6, 6.07) is 4.67. The fraction of sp³-hybridized carbons (Fsp3) is 0.600. The number of sulfonamides is 1. The monoisotopic (exact) mass is 312 g/mol. The lowest BCUT2D eigenvalue weighted by molar-refractivity contribution is 0.240.